The van der Waals surface area contributed by atoms with E-state index >= 15 is 0 Å². The topological polar surface area (TPSA) is 28.7 Å². The highest BCUT2D eigenvalue weighted by Gasteiger charge is 2.16. The summed E-state index contributed by atoms with van der Waals surface area (Å²) in [6.45, 7) is 6.56. The lowest BCUT2D eigenvalue weighted by atomic mass is 9.92. The highest BCUT2D eigenvalue weighted by molar-refractivity contribution is 9.10. The van der Waals surface area contributed by atoms with E-state index in [4.69, 9.17) is 0 Å². The van der Waals surface area contributed by atoms with Crippen molar-refractivity contribution in [2.24, 2.45) is 0 Å². The van der Waals surface area contributed by atoms with Gasteiger partial charge in [0.15, 0.2) is 0 Å². The molecule has 2 aromatic rings. The summed E-state index contributed by atoms with van der Waals surface area (Å²) in [5, 5.41) is 1.16. The molecule has 2 nitrogen and oxygen atoms in total. The number of pyridine rings is 1. The molecule has 2 rings (SSSR count). The predicted octanol–water partition coefficient (Wildman–Crippen LogP) is 3.62. The number of rotatable bonds is 0. The van der Waals surface area contributed by atoms with Crippen molar-refractivity contribution in [1.29, 1.82) is 0 Å². The minimum atomic E-state index is 0.146. The fourth-order valence-corrected chi connectivity index (χ4v) is 1.70. The summed E-state index contributed by atoms with van der Waals surface area (Å²) in [6, 6.07) is 6.19. The molecule has 0 atom stereocenters. The minimum absolute atomic E-state index is 0.146. The van der Waals surface area contributed by atoms with E-state index in [1.165, 1.54) is 5.69 Å². The van der Waals surface area contributed by atoms with Crippen LogP contribution in [0.2, 0.25) is 0 Å². The lowest BCUT2D eigenvalue weighted by Crippen LogP contribution is -2.11. The van der Waals surface area contributed by atoms with Gasteiger partial charge in [0.2, 0.25) is 0 Å². The number of H-pyrrole nitrogens is 1. The molecular formula is C11H13BrN2. The number of fused-ring (bicyclic) bond motifs is 1. The van der Waals surface area contributed by atoms with E-state index in [1.54, 1.807) is 0 Å². The maximum atomic E-state index is 4.37. The number of nitrogens with zero attached hydrogens (tertiary/aromatic N) is 1. The van der Waals surface area contributed by atoms with Gasteiger partial charge in [0.05, 0.1) is 0 Å². The Morgan fingerprint density at radius 3 is 2.64 bits per heavy atom. The minimum Gasteiger partial charge on any atom is -0.343 e. The molecule has 0 saturated carbocycles. The molecule has 2 heterocycles. The van der Waals surface area contributed by atoms with E-state index in [1.807, 2.05) is 6.07 Å². The lowest BCUT2D eigenvalue weighted by Gasteiger charge is -2.15. The third-order valence-electron chi connectivity index (χ3n) is 2.25. The molecule has 0 radical (unpaired) electrons. The van der Waals surface area contributed by atoms with Crippen LogP contribution in [-0.2, 0) is 5.41 Å². The molecule has 14 heavy (non-hydrogen) atoms. The molecule has 74 valence electrons. The molecule has 0 aliphatic rings. The first kappa shape index (κ1) is 9.71. The van der Waals surface area contributed by atoms with E-state index in [9.17, 15) is 0 Å². The van der Waals surface area contributed by atoms with Gasteiger partial charge in [0.25, 0.3) is 0 Å². The number of nitrogens with one attached hydrogen (secondary N) is 1. The average Bonchev–Trinajstić information content (AvgIpc) is 2.45. The van der Waals surface area contributed by atoms with Gasteiger partial charge >= 0.3 is 0 Å². The SMILES string of the molecule is CC(C)(C)c1cc2ccc(Br)nc2[nH]1. The van der Waals surface area contributed by atoms with Crippen LogP contribution in [0.5, 0.6) is 0 Å². The highest BCUT2D eigenvalue weighted by atomic mass is 79.9. The largest absolute Gasteiger partial charge is 0.343 e. The second-order valence-corrected chi connectivity index (χ2v) is 5.32. The average molecular weight is 253 g/mol. The van der Waals surface area contributed by atoms with Crippen LogP contribution < -0.4 is 0 Å². The van der Waals surface area contributed by atoms with Gasteiger partial charge in [-0.3, -0.25) is 0 Å². The third-order valence-corrected chi connectivity index (χ3v) is 2.70. The molecule has 0 unspecified atom stereocenters. The Balaban J connectivity index is 2.63. The van der Waals surface area contributed by atoms with Crippen LogP contribution in [-0.4, -0.2) is 9.97 Å². The molecule has 0 bridgehead atoms. The smallest absolute Gasteiger partial charge is 0.138 e. The van der Waals surface area contributed by atoms with E-state index in [-0.39, 0.29) is 5.41 Å². The summed E-state index contributed by atoms with van der Waals surface area (Å²) < 4.78 is 0.868. The van der Waals surface area contributed by atoms with Gasteiger partial charge in [-0.2, -0.15) is 0 Å². The van der Waals surface area contributed by atoms with Crippen LogP contribution >= 0.6 is 15.9 Å². The summed E-state index contributed by atoms with van der Waals surface area (Å²) in [4.78, 5) is 7.71. The van der Waals surface area contributed by atoms with Gasteiger partial charge in [-0.25, -0.2) is 4.98 Å². The Kier molecular flexibility index (Phi) is 2.14. The Morgan fingerprint density at radius 1 is 1.29 bits per heavy atom. The molecule has 0 fully saturated rings. The van der Waals surface area contributed by atoms with Crippen molar-refractivity contribution in [1.82, 2.24) is 9.97 Å². The molecule has 2 aromatic heterocycles. The number of hydrogen-bond donors (Lipinski definition) is 1. The fraction of sp³-hybridized carbons (Fsp3) is 0.364. The Hall–Kier alpha value is -0.830. The van der Waals surface area contributed by atoms with E-state index < -0.39 is 0 Å². The molecule has 0 amide bonds. The van der Waals surface area contributed by atoms with Crippen molar-refractivity contribution >= 4 is 27.0 Å². The lowest BCUT2D eigenvalue weighted by molar-refractivity contribution is 0.574. The van der Waals surface area contributed by atoms with Crippen LogP contribution in [0, 0.1) is 0 Å². The first-order chi connectivity index (χ1) is 6.47. The normalized spacial score (nSPS) is 12.3. The van der Waals surface area contributed by atoms with Crippen molar-refractivity contribution in [3.8, 4) is 0 Å². The van der Waals surface area contributed by atoms with E-state index in [0.717, 1.165) is 15.6 Å². The standard InChI is InChI=1S/C11H13BrN2/c1-11(2,3)8-6-7-4-5-9(12)14-10(7)13-8/h4-6H,1-3H3,(H,13,14). The van der Waals surface area contributed by atoms with Crippen molar-refractivity contribution < 1.29 is 0 Å². The van der Waals surface area contributed by atoms with Crippen molar-refractivity contribution in [2.45, 2.75) is 26.2 Å². The molecule has 0 spiro atoms. The number of aromatic nitrogens is 2. The zero-order valence-corrected chi connectivity index (χ0v) is 10.1. The molecule has 0 saturated heterocycles. The fourth-order valence-electron chi connectivity index (χ4n) is 1.39. The maximum Gasteiger partial charge on any atom is 0.138 e. The molecule has 3 heteroatoms. The number of hydrogen-bond acceptors (Lipinski definition) is 1. The van der Waals surface area contributed by atoms with Gasteiger partial charge in [-0.15, -0.1) is 0 Å². The third kappa shape index (κ3) is 1.69. The summed E-state index contributed by atoms with van der Waals surface area (Å²) in [5.74, 6) is 0. The second-order valence-electron chi connectivity index (χ2n) is 4.50. The van der Waals surface area contributed by atoms with Gasteiger partial charge in [-0.05, 0) is 34.1 Å². The van der Waals surface area contributed by atoms with E-state index in [0.29, 0.717) is 0 Å². The monoisotopic (exact) mass is 252 g/mol. The van der Waals surface area contributed by atoms with Gasteiger partial charge < -0.3 is 4.98 Å². The van der Waals surface area contributed by atoms with Gasteiger partial charge in [-0.1, -0.05) is 20.8 Å². The van der Waals surface area contributed by atoms with E-state index in [2.05, 4.69) is 58.8 Å². The van der Waals surface area contributed by atoms with Crippen LogP contribution in [0.25, 0.3) is 11.0 Å². The van der Waals surface area contributed by atoms with Crippen molar-refractivity contribution in [2.75, 3.05) is 0 Å². The van der Waals surface area contributed by atoms with Gasteiger partial charge in [0, 0.05) is 16.5 Å². The van der Waals surface area contributed by atoms with Crippen LogP contribution in [0.15, 0.2) is 22.8 Å². The number of aromatic amines is 1. The Morgan fingerprint density at radius 2 is 2.00 bits per heavy atom. The summed E-state index contributed by atoms with van der Waals surface area (Å²) >= 11 is 3.36. The maximum absolute atomic E-state index is 4.37. The second kappa shape index (κ2) is 3.09. The zero-order chi connectivity index (χ0) is 10.3. The van der Waals surface area contributed by atoms with Crippen molar-refractivity contribution in [3.63, 3.8) is 0 Å². The summed E-state index contributed by atoms with van der Waals surface area (Å²) in [6.07, 6.45) is 0. The summed E-state index contributed by atoms with van der Waals surface area (Å²) in [5.41, 5.74) is 2.31. The Labute approximate surface area is 91.9 Å². The summed E-state index contributed by atoms with van der Waals surface area (Å²) in [7, 11) is 0. The van der Waals surface area contributed by atoms with Gasteiger partial charge in [0.1, 0.15) is 10.3 Å². The molecule has 1 N–H and O–H groups in total. The highest BCUT2D eigenvalue weighted by Crippen LogP contribution is 2.25. The van der Waals surface area contributed by atoms with Crippen molar-refractivity contribution in [3.05, 3.63) is 28.5 Å². The quantitative estimate of drug-likeness (QED) is 0.713. The first-order valence-corrected chi connectivity index (χ1v) is 5.42. The zero-order valence-electron chi connectivity index (χ0n) is 8.56. The first-order valence-electron chi connectivity index (χ1n) is 4.62. The molecular weight excluding hydrogens is 240 g/mol. The van der Waals surface area contributed by atoms with Crippen LogP contribution in [0.1, 0.15) is 26.5 Å². The predicted molar refractivity (Wildman–Crippen MR) is 62.5 cm³/mol. The molecule has 0 aliphatic heterocycles. The molecule has 0 aromatic carbocycles. The molecule has 0 aliphatic carbocycles. The van der Waals surface area contributed by atoms with Crippen LogP contribution in [0.4, 0.5) is 0 Å². The number of halogens is 1. The Bertz CT molecular complexity index is 466. The van der Waals surface area contributed by atoms with Crippen LogP contribution in [0.3, 0.4) is 0 Å².